The Bertz CT molecular complexity index is 143. The molecule has 1 saturated carbocycles. The molecule has 11 heavy (non-hydrogen) atoms. The van der Waals surface area contributed by atoms with E-state index in [1.54, 1.807) is 7.11 Å². The van der Waals surface area contributed by atoms with Gasteiger partial charge in [-0.05, 0) is 12.8 Å². The summed E-state index contributed by atoms with van der Waals surface area (Å²) >= 11 is 5.58. The summed E-state index contributed by atoms with van der Waals surface area (Å²) in [5, 5.41) is 3.94. The second kappa shape index (κ2) is 4.10. The first-order chi connectivity index (χ1) is 5.22. The van der Waals surface area contributed by atoms with E-state index in [2.05, 4.69) is 11.9 Å². The number of nitrogens with one attached hydrogen (secondary N) is 1. The Kier molecular flexibility index (Phi) is 3.37. The number of ether oxygens (including phenoxy) is 1. The van der Waals surface area contributed by atoms with Gasteiger partial charge >= 0.3 is 0 Å². The standard InChI is InChI=1S/C8H14ClNO/c1-6(9)5-10-7-3-8(4-7)11-2/h7-8,10H,1,3-5H2,2H3. The molecule has 0 aromatic rings. The average molecular weight is 176 g/mol. The first kappa shape index (κ1) is 9.04. The van der Waals surface area contributed by atoms with Crippen LogP contribution in [0.15, 0.2) is 11.6 Å². The minimum atomic E-state index is 0.455. The molecule has 0 unspecified atom stereocenters. The highest BCUT2D eigenvalue weighted by Gasteiger charge is 2.27. The molecule has 64 valence electrons. The van der Waals surface area contributed by atoms with E-state index in [-0.39, 0.29) is 0 Å². The minimum absolute atomic E-state index is 0.455. The van der Waals surface area contributed by atoms with Crippen molar-refractivity contribution in [2.75, 3.05) is 13.7 Å². The Labute approximate surface area is 72.6 Å². The molecule has 0 aliphatic heterocycles. The van der Waals surface area contributed by atoms with Gasteiger partial charge in [0.2, 0.25) is 0 Å². The second-order valence-corrected chi connectivity index (χ2v) is 3.46. The van der Waals surface area contributed by atoms with Gasteiger partial charge in [0.05, 0.1) is 6.10 Å². The van der Waals surface area contributed by atoms with Crippen LogP contribution in [0.3, 0.4) is 0 Å². The Hall–Kier alpha value is -0.0500. The van der Waals surface area contributed by atoms with Gasteiger partial charge < -0.3 is 10.1 Å². The Morgan fingerprint density at radius 1 is 1.73 bits per heavy atom. The molecule has 0 bridgehead atoms. The highest BCUT2D eigenvalue weighted by atomic mass is 35.5. The molecule has 1 aliphatic carbocycles. The molecule has 2 nitrogen and oxygen atoms in total. The fraction of sp³-hybridized carbons (Fsp3) is 0.750. The van der Waals surface area contributed by atoms with E-state index in [4.69, 9.17) is 16.3 Å². The van der Waals surface area contributed by atoms with Crippen molar-refractivity contribution < 1.29 is 4.74 Å². The van der Waals surface area contributed by atoms with Crippen molar-refractivity contribution in [3.8, 4) is 0 Å². The summed E-state index contributed by atoms with van der Waals surface area (Å²) in [6, 6.07) is 0.579. The third kappa shape index (κ3) is 2.81. The monoisotopic (exact) mass is 175 g/mol. The maximum Gasteiger partial charge on any atom is 0.0601 e. The summed E-state index contributed by atoms with van der Waals surface area (Å²) in [6.45, 7) is 4.31. The lowest BCUT2D eigenvalue weighted by atomic mass is 9.89. The number of rotatable bonds is 4. The van der Waals surface area contributed by atoms with E-state index in [1.165, 1.54) is 0 Å². The van der Waals surface area contributed by atoms with Gasteiger partial charge in [-0.25, -0.2) is 0 Å². The van der Waals surface area contributed by atoms with E-state index >= 15 is 0 Å². The van der Waals surface area contributed by atoms with Crippen LogP contribution in [0.4, 0.5) is 0 Å². The third-order valence-electron chi connectivity index (χ3n) is 2.01. The smallest absolute Gasteiger partial charge is 0.0601 e. The molecular formula is C8H14ClNO. The van der Waals surface area contributed by atoms with Gasteiger partial charge in [0.15, 0.2) is 0 Å². The van der Waals surface area contributed by atoms with Gasteiger partial charge in [-0.2, -0.15) is 0 Å². The summed E-state index contributed by atoms with van der Waals surface area (Å²) in [4.78, 5) is 0. The molecule has 0 radical (unpaired) electrons. The number of halogens is 1. The number of hydrogen-bond donors (Lipinski definition) is 1. The van der Waals surface area contributed by atoms with Gasteiger partial charge in [-0.15, -0.1) is 0 Å². The number of hydrogen-bond acceptors (Lipinski definition) is 2. The van der Waals surface area contributed by atoms with E-state index in [1.807, 2.05) is 0 Å². The molecule has 1 aliphatic rings. The van der Waals surface area contributed by atoms with Gasteiger partial charge in [0, 0.05) is 24.7 Å². The van der Waals surface area contributed by atoms with Crippen LogP contribution in [0.25, 0.3) is 0 Å². The molecule has 0 atom stereocenters. The lowest BCUT2D eigenvalue weighted by Gasteiger charge is -2.34. The summed E-state index contributed by atoms with van der Waals surface area (Å²) in [5.74, 6) is 0. The Balaban J connectivity index is 2.00. The first-order valence-corrected chi connectivity index (χ1v) is 4.19. The highest BCUT2D eigenvalue weighted by Crippen LogP contribution is 2.22. The van der Waals surface area contributed by atoms with E-state index in [9.17, 15) is 0 Å². The lowest BCUT2D eigenvalue weighted by Crippen LogP contribution is -2.45. The van der Waals surface area contributed by atoms with Crippen LogP contribution in [-0.2, 0) is 4.74 Å². The average Bonchev–Trinajstić information content (AvgIpc) is 1.84. The summed E-state index contributed by atoms with van der Waals surface area (Å²) in [6.07, 6.45) is 2.65. The highest BCUT2D eigenvalue weighted by molar-refractivity contribution is 6.29. The molecule has 1 N–H and O–H groups in total. The SMILES string of the molecule is C=C(Cl)CNC1CC(OC)C1. The van der Waals surface area contributed by atoms with Crippen molar-refractivity contribution >= 4 is 11.6 Å². The van der Waals surface area contributed by atoms with Crippen LogP contribution in [0.1, 0.15) is 12.8 Å². The fourth-order valence-electron chi connectivity index (χ4n) is 1.18. The molecule has 0 heterocycles. The van der Waals surface area contributed by atoms with Crippen molar-refractivity contribution in [1.29, 1.82) is 0 Å². The van der Waals surface area contributed by atoms with E-state index < -0.39 is 0 Å². The zero-order valence-corrected chi connectivity index (χ0v) is 7.53. The zero-order valence-electron chi connectivity index (χ0n) is 6.77. The largest absolute Gasteiger partial charge is 0.381 e. The predicted octanol–water partition coefficient (Wildman–Crippen LogP) is 1.51. The van der Waals surface area contributed by atoms with Crippen LogP contribution in [-0.4, -0.2) is 25.8 Å². The van der Waals surface area contributed by atoms with Crippen LogP contribution in [0.2, 0.25) is 0 Å². The molecule has 0 aromatic heterocycles. The summed E-state index contributed by atoms with van der Waals surface area (Å²) < 4.78 is 5.13. The van der Waals surface area contributed by atoms with E-state index in [0.29, 0.717) is 23.7 Å². The van der Waals surface area contributed by atoms with Gasteiger partial charge in [-0.1, -0.05) is 18.2 Å². The Morgan fingerprint density at radius 2 is 2.36 bits per heavy atom. The normalized spacial score (nSPS) is 29.6. The maximum absolute atomic E-state index is 5.58. The topological polar surface area (TPSA) is 21.3 Å². The van der Waals surface area contributed by atoms with Crippen LogP contribution >= 0.6 is 11.6 Å². The van der Waals surface area contributed by atoms with Crippen molar-refractivity contribution in [3.05, 3.63) is 11.6 Å². The Morgan fingerprint density at radius 3 is 2.82 bits per heavy atom. The molecular weight excluding hydrogens is 162 g/mol. The maximum atomic E-state index is 5.58. The van der Waals surface area contributed by atoms with E-state index in [0.717, 1.165) is 12.8 Å². The van der Waals surface area contributed by atoms with Crippen molar-refractivity contribution in [2.45, 2.75) is 25.0 Å². The third-order valence-corrected chi connectivity index (χ3v) is 2.14. The van der Waals surface area contributed by atoms with Gasteiger partial charge in [-0.3, -0.25) is 0 Å². The lowest BCUT2D eigenvalue weighted by molar-refractivity contribution is 0.0184. The molecule has 0 saturated heterocycles. The fourth-order valence-corrected chi connectivity index (χ4v) is 1.26. The first-order valence-electron chi connectivity index (χ1n) is 3.82. The van der Waals surface area contributed by atoms with Crippen LogP contribution in [0.5, 0.6) is 0 Å². The van der Waals surface area contributed by atoms with Crippen LogP contribution in [0, 0.1) is 0 Å². The quantitative estimate of drug-likeness (QED) is 0.700. The minimum Gasteiger partial charge on any atom is -0.381 e. The van der Waals surface area contributed by atoms with Gasteiger partial charge in [0.1, 0.15) is 0 Å². The summed E-state index contributed by atoms with van der Waals surface area (Å²) in [5.41, 5.74) is 0. The molecule has 0 spiro atoms. The molecule has 1 rings (SSSR count). The molecule has 0 aromatic carbocycles. The van der Waals surface area contributed by atoms with Crippen LogP contribution < -0.4 is 5.32 Å². The van der Waals surface area contributed by atoms with Crippen molar-refractivity contribution in [3.63, 3.8) is 0 Å². The van der Waals surface area contributed by atoms with Gasteiger partial charge in [0.25, 0.3) is 0 Å². The predicted molar refractivity (Wildman–Crippen MR) is 46.8 cm³/mol. The van der Waals surface area contributed by atoms with Crippen molar-refractivity contribution in [1.82, 2.24) is 5.32 Å². The van der Waals surface area contributed by atoms with Crippen molar-refractivity contribution in [2.24, 2.45) is 0 Å². The molecule has 3 heteroatoms. The summed E-state index contributed by atoms with van der Waals surface area (Å²) in [7, 11) is 1.75. The zero-order chi connectivity index (χ0) is 8.27. The second-order valence-electron chi connectivity index (χ2n) is 2.92. The molecule has 1 fully saturated rings. The number of methoxy groups -OCH3 is 1. The molecule has 0 amide bonds.